The van der Waals surface area contributed by atoms with Crippen LogP contribution in [0.15, 0.2) is 18.2 Å². The summed E-state index contributed by atoms with van der Waals surface area (Å²) < 4.78 is 0. The molecule has 1 rings (SSSR count). The van der Waals surface area contributed by atoms with Gasteiger partial charge in [0.2, 0.25) is 5.24 Å². The molecule has 0 fully saturated rings. The van der Waals surface area contributed by atoms with Gasteiger partial charge in [0.15, 0.2) is 0 Å². The Labute approximate surface area is 111 Å². The molecule has 0 N–H and O–H groups in total. The van der Waals surface area contributed by atoms with Crippen LogP contribution in [-0.2, 0) is 10.2 Å². The fourth-order valence-electron chi connectivity index (χ4n) is 1.49. The van der Waals surface area contributed by atoms with Crippen LogP contribution in [0.2, 0.25) is 10.0 Å². The van der Waals surface area contributed by atoms with Crippen LogP contribution < -0.4 is 0 Å². The van der Waals surface area contributed by atoms with Gasteiger partial charge in [0.25, 0.3) is 0 Å². The monoisotopic (exact) mass is 278 g/mol. The number of rotatable bonds is 3. The zero-order chi connectivity index (χ0) is 12.5. The van der Waals surface area contributed by atoms with E-state index in [0.29, 0.717) is 10.0 Å². The maximum atomic E-state index is 11.6. The lowest BCUT2D eigenvalue weighted by atomic mass is 9.74. The van der Waals surface area contributed by atoms with Gasteiger partial charge < -0.3 is 0 Å². The summed E-state index contributed by atoms with van der Waals surface area (Å²) in [5.41, 5.74) is 0.0485. The van der Waals surface area contributed by atoms with E-state index in [1.807, 2.05) is 20.8 Å². The third kappa shape index (κ3) is 2.37. The molecular formula is C12H13Cl3O. The van der Waals surface area contributed by atoms with Gasteiger partial charge in [-0.05, 0) is 42.1 Å². The molecule has 0 heterocycles. The molecule has 0 amide bonds. The Morgan fingerprint density at radius 2 is 1.81 bits per heavy atom. The summed E-state index contributed by atoms with van der Waals surface area (Å²) in [4.78, 5) is 11.6. The molecule has 0 saturated heterocycles. The van der Waals surface area contributed by atoms with E-state index in [0.717, 1.165) is 5.56 Å². The van der Waals surface area contributed by atoms with Crippen LogP contribution in [0.25, 0.3) is 0 Å². The average molecular weight is 280 g/mol. The summed E-state index contributed by atoms with van der Waals surface area (Å²) in [7, 11) is 0. The molecule has 16 heavy (non-hydrogen) atoms. The van der Waals surface area contributed by atoms with E-state index in [4.69, 9.17) is 34.8 Å². The first-order chi connectivity index (χ1) is 7.30. The summed E-state index contributed by atoms with van der Waals surface area (Å²) >= 11 is 17.5. The van der Waals surface area contributed by atoms with Crippen molar-refractivity contribution in [3.8, 4) is 0 Å². The number of carbonyl (C=O) groups excluding carboxylic acids is 1. The zero-order valence-corrected chi connectivity index (χ0v) is 11.6. The molecule has 0 aliphatic heterocycles. The van der Waals surface area contributed by atoms with Crippen LogP contribution in [0.5, 0.6) is 0 Å². The van der Waals surface area contributed by atoms with E-state index < -0.39 is 5.41 Å². The van der Waals surface area contributed by atoms with Crippen molar-refractivity contribution in [3.05, 3.63) is 33.8 Å². The molecule has 1 atom stereocenters. The third-order valence-electron chi connectivity index (χ3n) is 3.08. The van der Waals surface area contributed by atoms with Crippen molar-refractivity contribution in [1.82, 2.24) is 0 Å². The van der Waals surface area contributed by atoms with Gasteiger partial charge in [-0.2, -0.15) is 0 Å². The predicted octanol–water partition coefficient (Wildman–Crippen LogP) is 4.67. The molecular weight excluding hydrogens is 266 g/mol. The van der Waals surface area contributed by atoms with Crippen LogP contribution in [0.4, 0.5) is 0 Å². The van der Waals surface area contributed by atoms with Crippen molar-refractivity contribution in [2.24, 2.45) is 5.92 Å². The normalized spacial score (nSPS) is 14.9. The molecule has 1 unspecified atom stereocenters. The molecule has 0 bridgehead atoms. The van der Waals surface area contributed by atoms with Gasteiger partial charge >= 0.3 is 0 Å². The fourth-order valence-corrected chi connectivity index (χ4v) is 2.12. The molecule has 0 aliphatic rings. The Morgan fingerprint density at radius 1 is 1.25 bits per heavy atom. The third-order valence-corrected chi connectivity index (χ3v) is 4.21. The van der Waals surface area contributed by atoms with Crippen LogP contribution in [0.1, 0.15) is 26.3 Å². The van der Waals surface area contributed by atoms with Crippen LogP contribution in [-0.4, -0.2) is 5.24 Å². The highest BCUT2D eigenvalue weighted by atomic mass is 35.5. The smallest absolute Gasteiger partial charge is 0.232 e. The van der Waals surface area contributed by atoms with Crippen molar-refractivity contribution >= 4 is 40.0 Å². The highest BCUT2D eigenvalue weighted by Gasteiger charge is 2.37. The number of halogens is 3. The largest absolute Gasteiger partial charge is 0.280 e. The molecule has 0 aromatic heterocycles. The predicted molar refractivity (Wildman–Crippen MR) is 69.5 cm³/mol. The standard InChI is InChI=1S/C12H13Cl3O/c1-7(2)12(3,11(15)16)8-4-5-9(13)10(14)6-8/h4-7H,1-3H3. The molecule has 88 valence electrons. The Morgan fingerprint density at radius 3 is 2.19 bits per heavy atom. The molecule has 4 heteroatoms. The van der Waals surface area contributed by atoms with Gasteiger partial charge in [0.05, 0.1) is 15.5 Å². The lowest BCUT2D eigenvalue weighted by molar-refractivity contribution is -0.117. The van der Waals surface area contributed by atoms with Crippen molar-refractivity contribution in [2.75, 3.05) is 0 Å². The topological polar surface area (TPSA) is 17.1 Å². The van der Waals surface area contributed by atoms with E-state index in [2.05, 4.69) is 0 Å². The lowest BCUT2D eigenvalue weighted by Gasteiger charge is -2.30. The summed E-state index contributed by atoms with van der Waals surface area (Å²) in [6.07, 6.45) is 0. The maximum Gasteiger partial charge on any atom is 0.232 e. The van der Waals surface area contributed by atoms with Crippen molar-refractivity contribution in [2.45, 2.75) is 26.2 Å². The summed E-state index contributed by atoms with van der Waals surface area (Å²) in [5, 5.41) is 0.517. The van der Waals surface area contributed by atoms with E-state index in [9.17, 15) is 4.79 Å². The lowest BCUT2D eigenvalue weighted by Crippen LogP contribution is -2.35. The highest BCUT2D eigenvalue weighted by molar-refractivity contribution is 6.65. The minimum absolute atomic E-state index is 0.0785. The molecule has 0 aliphatic carbocycles. The second-order valence-corrected chi connectivity index (χ2v) is 5.42. The van der Waals surface area contributed by atoms with Crippen LogP contribution in [0, 0.1) is 5.92 Å². The first kappa shape index (κ1) is 13.8. The second kappa shape index (κ2) is 4.95. The molecule has 1 aromatic rings. The van der Waals surface area contributed by atoms with Crippen molar-refractivity contribution < 1.29 is 4.79 Å². The zero-order valence-electron chi connectivity index (χ0n) is 9.35. The van der Waals surface area contributed by atoms with Gasteiger partial charge in [-0.1, -0.05) is 43.1 Å². The van der Waals surface area contributed by atoms with E-state index in [1.165, 1.54) is 0 Å². The number of hydrogen-bond acceptors (Lipinski definition) is 1. The van der Waals surface area contributed by atoms with Crippen LogP contribution in [0.3, 0.4) is 0 Å². The minimum Gasteiger partial charge on any atom is -0.280 e. The van der Waals surface area contributed by atoms with E-state index in [-0.39, 0.29) is 11.2 Å². The minimum atomic E-state index is -0.740. The maximum absolute atomic E-state index is 11.6. The molecule has 0 radical (unpaired) electrons. The van der Waals surface area contributed by atoms with Crippen molar-refractivity contribution in [3.63, 3.8) is 0 Å². The summed E-state index contributed by atoms with van der Waals surface area (Å²) in [6.45, 7) is 5.71. The van der Waals surface area contributed by atoms with Gasteiger partial charge in [-0.3, -0.25) is 4.79 Å². The van der Waals surface area contributed by atoms with Gasteiger partial charge in [0, 0.05) is 0 Å². The Bertz CT molecular complexity index is 415. The van der Waals surface area contributed by atoms with Gasteiger partial charge in [0.1, 0.15) is 0 Å². The molecule has 1 nitrogen and oxygen atoms in total. The SMILES string of the molecule is CC(C)C(C)(C(=O)Cl)c1ccc(Cl)c(Cl)c1. The van der Waals surface area contributed by atoms with Gasteiger partial charge in [-0.25, -0.2) is 0 Å². The van der Waals surface area contributed by atoms with Crippen molar-refractivity contribution in [1.29, 1.82) is 0 Å². The Balaban J connectivity index is 3.33. The first-order valence-corrected chi connectivity index (χ1v) is 6.09. The van der Waals surface area contributed by atoms with E-state index >= 15 is 0 Å². The first-order valence-electron chi connectivity index (χ1n) is 4.95. The quantitative estimate of drug-likeness (QED) is 0.735. The Kier molecular flexibility index (Phi) is 4.28. The van der Waals surface area contributed by atoms with Crippen LogP contribution >= 0.6 is 34.8 Å². The number of benzene rings is 1. The fraction of sp³-hybridized carbons (Fsp3) is 0.417. The molecule has 0 spiro atoms. The van der Waals surface area contributed by atoms with E-state index in [1.54, 1.807) is 18.2 Å². The Hall–Kier alpha value is -0.240. The van der Waals surface area contributed by atoms with Gasteiger partial charge in [-0.15, -0.1) is 0 Å². The average Bonchev–Trinajstić information content (AvgIpc) is 2.20. The summed E-state index contributed by atoms with van der Waals surface area (Å²) in [6, 6.07) is 5.17. The summed E-state index contributed by atoms with van der Waals surface area (Å²) in [5.74, 6) is 0.0785. The number of hydrogen-bond donors (Lipinski definition) is 0. The number of carbonyl (C=O) groups is 1. The highest BCUT2D eigenvalue weighted by Crippen LogP contribution is 2.37. The molecule has 0 saturated carbocycles. The second-order valence-electron chi connectivity index (χ2n) is 4.26. The molecule has 1 aromatic carbocycles.